The van der Waals surface area contributed by atoms with Crippen molar-refractivity contribution in [3.05, 3.63) is 0 Å². The number of oxime groups is 2. The maximum absolute atomic E-state index is 12.5. The highest BCUT2D eigenvalue weighted by Gasteiger charge is 2.63. The lowest BCUT2D eigenvalue weighted by Crippen LogP contribution is -2.55. The Morgan fingerprint density at radius 3 is 1.38 bits per heavy atom. The normalized spacial score (nSPS) is 29.8. The molecule has 0 aromatic heterocycles. The summed E-state index contributed by atoms with van der Waals surface area (Å²) in [6, 6.07) is 0. The van der Waals surface area contributed by atoms with Crippen molar-refractivity contribution in [1.29, 1.82) is 0 Å². The van der Waals surface area contributed by atoms with E-state index in [1.807, 2.05) is 0 Å². The van der Waals surface area contributed by atoms with Gasteiger partial charge >= 0.3 is 11.9 Å². The van der Waals surface area contributed by atoms with Gasteiger partial charge in [-0.05, 0) is 25.7 Å². The molecule has 0 amide bonds. The van der Waals surface area contributed by atoms with Crippen LogP contribution in [0.5, 0.6) is 0 Å². The Bertz CT molecular complexity index is 653. The Morgan fingerprint density at radius 2 is 1.19 bits per heavy atom. The highest BCUT2D eigenvalue weighted by atomic mass is 16.5. The van der Waals surface area contributed by atoms with Crippen LogP contribution < -0.4 is 0 Å². The molecule has 0 aromatic carbocycles. The summed E-state index contributed by atoms with van der Waals surface area (Å²) < 4.78 is 9.41. The van der Waals surface area contributed by atoms with Gasteiger partial charge in [0.1, 0.15) is 11.4 Å². The molecule has 2 atom stereocenters. The first-order valence-electron chi connectivity index (χ1n) is 8.05. The van der Waals surface area contributed by atoms with Gasteiger partial charge in [0.05, 0.1) is 14.2 Å². The third-order valence-electron chi connectivity index (χ3n) is 5.16. The number of rotatable bonds is 5. The van der Waals surface area contributed by atoms with E-state index in [1.165, 1.54) is 0 Å². The number of hydrogen-bond donors (Lipinski definition) is 2. The second-order valence-electron chi connectivity index (χ2n) is 6.24. The number of Topliss-reactive ketones (excluding diaryl/α,β-unsaturated/α-hetero) is 2. The minimum Gasteiger partial charge on any atom is -0.468 e. The molecule has 0 saturated heterocycles. The molecule has 0 spiro atoms. The topological polar surface area (TPSA) is 152 Å². The van der Waals surface area contributed by atoms with Crippen molar-refractivity contribution < 1.29 is 39.1 Å². The van der Waals surface area contributed by atoms with Crippen molar-refractivity contribution in [1.82, 2.24) is 0 Å². The van der Waals surface area contributed by atoms with Gasteiger partial charge in [0.15, 0.2) is 22.4 Å². The van der Waals surface area contributed by atoms with E-state index in [0.29, 0.717) is 12.8 Å². The summed E-state index contributed by atoms with van der Waals surface area (Å²) in [7, 11) is 2.11. The van der Waals surface area contributed by atoms with Gasteiger partial charge < -0.3 is 19.9 Å². The molecule has 0 heterocycles. The van der Waals surface area contributed by atoms with Gasteiger partial charge in [-0.15, -0.1) is 0 Å². The fourth-order valence-corrected chi connectivity index (χ4v) is 3.88. The van der Waals surface area contributed by atoms with E-state index in [9.17, 15) is 29.6 Å². The minimum absolute atomic E-state index is 0.00595. The molecule has 2 aliphatic rings. The molecule has 0 aromatic rings. The average molecular weight is 368 g/mol. The lowest BCUT2D eigenvalue weighted by Gasteiger charge is -2.31. The SMILES string of the molecule is COC(=O)C1(C(=NO)C(=NO)C2(C(=O)OC)CCCC2=O)CCCC1=O. The number of esters is 2. The molecule has 2 unspecified atom stereocenters. The second kappa shape index (κ2) is 7.22. The van der Waals surface area contributed by atoms with E-state index in [2.05, 4.69) is 10.3 Å². The third kappa shape index (κ3) is 2.47. The van der Waals surface area contributed by atoms with Crippen LogP contribution in [0, 0.1) is 10.8 Å². The maximum Gasteiger partial charge on any atom is 0.325 e. The van der Waals surface area contributed by atoms with Crippen molar-refractivity contribution in [2.75, 3.05) is 14.2 Å². The number of ketones is 2. The van der Waals surface area contributed by atoms with Crippen LogP contribution in [-0.4, -0.2) is 59.6 Å². The molecule has 2 N–H and O–H groups in total. The fraction of sp³-hybridized carbons (Fsp3) is 0.625. The standard InChI is InChI=1S/C16H20N2O8/c1-25-13(21)15(7-3-5-9(15)19)11(17-23)12(18-24)16(14(22)26-2)8-4-6-10(16)20/h23-24H,3-8H2,1-2H3. The van der Waals surface area contributed by atoms with Gasteiger partial charge in [0.2, 0.25) is 0 Å². The molecule has 142 valence electrons. The molecule has 10 nitrogen and oxygen atoms in total. The van der Waals surface area contributed by atoms with Crippen LogP contribution in [0.1, 0.15) is 38.5 Å². The van der Waals surface area contributed by atoms with E-state index >= 15 is 0 Å². The van der Waals surface area contributed by atoms with Gasteiger partial charge in [-0.3, -0.25) is 19.2 Å². The minimum atomic E-state index is -2.05. The smallest absolute Gasteiger partial charge is 0.325 e. The zero-order chi connectivity index (χ0) is 19.5. The highest BCUT2D eigenvalue weighted by molar-refractivity contribution is 6.58. The second-order valence-corrected chi connectivity index (χ2v) is 6.24. The first-order chi connectivity index (χ1) is 12.4. The summed E-state index contributed by atoms with van der Waals surface area (Å²) >= 11 is 0. The summed E-state index contributed by atoms with van der Waals surface area (Å²) in [6.45, 7) is 0. The monoisotopic (exact) mass is 368 g/mol. The quantitative estimate of drug-likeness (QED) is 0.233. The van der Waals surface area contributed by atoms with Gasteiger partial charge in [-0.25, -0.2) is 0 Å². The summed E-state index contributed by atoms with van der Waals surface area (Å²) in [5.41, 5.74) is -5.41. The lowest BCUT2D eigenvalue weighted by molar-refractivity contribution is -0.154. The molecule has 2 aliphatic carbocycles. The largest absolute Gasteiger partial charge is 0.468 e. The van der Waals surface area contributed by atoms with Crippen molar-refractivity contribution in [3.63, 3.8) is 0 Å². The molecular formula is C16H20N2O8. The molecule has 0 radical (unpaired) electrons. The predicted molar refractivity (Wildman–Crippen MR) is 85.1 cm³/mol. The number of ether oxygens (including phenoxy) is 2. The van der Waals surface area contributed by atoms with Crippen LogP contribution in [0.15, 0.2) is 10.3 Å². The fourth-order valence-electron chi connectivity index (χ4n) is 3.88. The third-order valence-corrected chi connectivity index (χ3v) is 5.16. The van der Waals surface area contributed by atoms with Crippen molar-refractivity contribution in [2.24, 2.45) is 21.1 Å². The van der Waals surface area contributed by atoms with Crippen molar-refractivity contribution in [3.8, 4) is 0 Å². The highest BCUT2D eigenvalue weighted by Crippen LogP contribution is 2.44. The van der Waals surface area contributed by atoms with Crippen LogP contribution in [0.2, 0.25) is 0 Å². The Kier molecular flexibility index (Phi) is 5.43. The summed E-state index contributed by atoms with van der Waals surface area (Å²) in [5.74, 6) is -3.24. The van der Waals surface area contributed by atoms with Crippen LogP contribution in [0.4, 0.5) is 0 Å². The number of carbonyl (C=O) groups is 4. The van der Waals surface area contributed by atoms with Gasteiger partial charge in [-0.1, -0.05) is 10.3 Å². The average Bonchev–Trinajstić information content (AvgIpc) is 3.22. The summed E-state index contributed by atoms with van der Waals surface area (Å²) in [4.78, 5) is 49.9. The molecular weight excluding hydrogens is 348 g/mol. The Hall–Kier alpha value is -2.78. The predicted octanol–water partition coefficient (Wildman–Crippen LogP) is 0.472. The maximum atomic E-state index is 12.5. The number of methoxy groups -OCH3 is 2. The molecule has 2 saturated carbocycles. The Balaban J connectivity index is 2.70. The van der Waals surface area contributed by atoms with Gasteiger partial charge in [-0.2, -0.15) is 0 Å². The Morgan fingerprint density at radius 1 is 0.846 bits per heavy atom. The molecule has 2 fully saturated rings. The Labute approximate surface area is 148 Å². The van der Waals surface area contributed by atoms with Crippen LogP contribution in [-0.2, 0) is 28.7 Å². The van der Waals surface area contributed by atoms with E-state index < -0.39 is 45.8 Å². The molecule has 0 bridgehead atoms. The first kappa shape index (κ1) is 19.5. The van der Waals surface area contributed by atoms with E-state index in [4.69, 9.17) is 9.47 Å². The van der Waals surface area contributed by atoms with Crippen LogP contribution >= 0.6 is 0 Å². The number of hydrogen-bond acceptors (Lipinski definition) is 10. The molecule has 10 heteroatoms. The zero-order valence-electron chi connectivity index (χ0n) is 14.5. The number of carbonyl (C=O) groups excluding carboxylic acids is 4. The lowest BCUT2D eigenvalue weighted by atomic mass is 9.69. The van der Waals surface area contributed by atoms with E-state index in [-0.39, 0.29) is 25.7 Å². The van der Waals surface area contributed by atoms with Crippen molar-refractivity contribution in [2.45, 2.75) is 38.5 Å². The van der Waals surface area contributed by atoms with Gasteiger partial charge in [0.25, 0.3) is 0 Å². The van der Waals surface area contributed by atoms with Crippen LogP contribution in [0.25, 0.3) is 0 Å². The summed E-state index contributed by atoms with van der Waals surface area (Å²) in [6.07, 6.45) is 0.471. The molecule has 26 heavy (non-hydrogen) atoms. The van der Waals surface area contributed by atoms with E-state index in [1.54, 1.807) is 0 Å². The van der Waals surface area contributed by atoms with Gasteiger partial charge in [0, 0.05) is 12.8 Å². The zero-order valence-corrected chi connectivity index (χ0v) is 14.5. The first-order valence-corrected chi connectivity index (χ1v) is 8.05. The molecule has 0 aliphatic heterocycles. The summed E-state index contributed by atoms with van der Waals surface area (Å²) in [5, 5.41) is 25.2. The van der Waals surface area contributed by atoms with E-state index in [0.717, 1.165) is 14.2 Å². The van der Waals surface area contributed by atoms with Crippen molar-refractivity contribution >= 4 is 34.9 Å². The number of nitrogens with zero attached hydrogens (tertiary/aromatic N) is 2. The molecule has 2 rings (SSSR count). The van der Waals surface area contributed by atoms with Crippen LogP contribution in [0.3, 0.4) is 0 Å².